The van der Waals surface area contributed by atoms with Gasteiger partial charge in [-0.25, -0.2) is 9.67 Å². The average molecular weight is 417 g/mol. The molecule has 2 aromatic rings. The van der Waals surface area contributed by atoms with Gasteiger partial charge in [0.05, 0.1) is 13.1 Å². The molecule has 2 N–H and O–H groups in total. The normalized spacial score (nSPS) is 17.8. The third kappa shape index (κ3) is 6.39. The van der Waals surface area contributed by atoms with E-state index in [9.17, 15) is 4.21 Å². The largest absolute Gasteiger partial charge is 0.357 e. The molecule has 1 aromatic carbocycles. The van der Waals surface area contributed by atoms with Crippen molar-refractivity contribution in [3.8, 4) is 0 Å². The zero-order chi connectivity index (χ0) is 20.6. The Hall–Kier alpha value is -2.22. The highest BCUT2D eigenvalue weighted by Crippen LogP contribution is 2.16. The second-order valence-electron chi connectivity index (χ2n) is 7.64. The quantitative estimate of drug-likeness (QED) is 0.509. The molecule has 0 amide bonds. The molecule has 0 saturated heterocycles. The van der Waals surface area contributed by atoms with E-state index < -0.39 is 10.8 Å². The zero-order valence-electron chi connectivity index (χ0n) is 17.6. The number of nitrogens with zero attached hydrogens (tertiary/aromatic N) is 4. The summed E-state index contributed by atoms with van der Waals surface area (Å²) in [6, 6.07) is 10.2. The van der Waals surface area contributed by atoms with Crippen molar-refractivity contribution in [2.75, 3.05) is 18.8 Å². The van der Waals surface area contributed by atoms with E-state index in [0.29, 0.717) is 24.0 Å². The Morgan fingerprint density at radius 2 is 2.14 bits per heavy atom. The second kappa shape index (κ2) is 10.5. The molecule has 0 spiro atoms. The van der Waals surface area contributed by atoms with Crippen LogP contribution in [-0.4, -0.2) is 49.8 Å². The van der Waals surface area contributed by atoms with Gasteiger partial charge in [0.15, 0.2) is 11.8 Å². The molecular weight excluding hydrogens is 384 g/mol. The topological polar surface area (TPSA) is 84.2 Å². The minimum atomic E-state index is -0.915. The first kappa shape index (κ1) is 21.5. The van der Waals surface area contributed by atoms with E-state index in [1.165, 1.54) is 0 Å². The van der Waals surface area contributed by atoms with Gasteiger partial charge in [-0.15, -0.1) is 0 Å². The van der Waals surface area contributed by atoms with Gasteiger partial charge in [-0.2, -0.15) is 5.10 Å². The lowest BCUT2D eigenvalue weighted by atomic mass is 10.1. The molecule has 0 aliphatic carbocycles. The van der Waals surface area contributed by atoms with Gasteiger partial charge in [0, 0.05) is 47.2 Å². The maximum absolute atomic E-state index is 12.3. The fourth-order valence-corrected chi connectivity index (χ4v) is 4.30. The monoisotopic (exact) mass is 416 g/mol. The molecule has 1 aliphatic rings. The molecule has 2 atom stereocenters. The second-order valence-corrected chi connectivity index (χ2v) is 9.21. The summed E-state index contributed by atoms with van der Waals surface area (Å²) in [5.41, 5.74) is 1.10. The summed E-state index contributed by atoms with van der Waals surface area (Å²) in [6.07, 6.45) is 1.92. The third-order valence-corrected chi connectivity index (χ3v) is 6.13. The summed E-state index contributed by atoms with van der Waals surface area (Å²) in [5, 5.41) is 11.5. The van der Waals surface area contributed by atoms with Crippen LogP contribution in [0.25, 0.3) is 0 Å². The van der Waals surface area contributed by atoms with Crippen molar-refractivity contribution >= 4 is 16.8 Å². The maximum Gasteiger partial charge on any atom is 0.191 e. The molecule has 0 saturated carbocycles. The number of fused-ring (bicyclic) bond motifs is 1. The molecular formula is C21H32N6OS. The predicted octanol–water partition coefficient (Wildman–Crippen LogP) is 2.22. The lowest BCUT2D eigenvalue weighted by Gasteiger charge is -2.25. The third-order valence-electron chi connectivity index (χ3n) is 4.84. The molecule has 1 aromatic heterocycles. The van der Waals surface area contributed by atoms with E-state index in [0.717, 1.165) is 49.1 Å². The SMILES string of the molecule is CCNC(=NCCS(=O)Cc1ccccc1)NC1CCc2nc(C(C)C)nn2C1. The van der Waals surface area contributed by atoms with Crippen LogP contribution in [-0.2, 0) is 29.5 Å². The molecule has 2 heterocycles. The van der Waals surface area contributed by atoms with Gasteiger partial charge in [-0.1, -0.05) is 44.2 Å². The van der Waals surface area contributed by atoms with E-state index in [2.05, 4.69) is 46.5 Å². The number of aryl methyl sites for hydroxylation is 1. The first-order valence-electron chi connectivity index (χ1n) is 10.4. The Labute approximate surface area is 175 Å². The smallest absolute Gasteiger partial charge is 0.191 e. The van der Waals surface area contributed by atoms with E-state index in [-0.39, 0.29) is 6.04 Å². The fourth-order valence-electron chi connectivity index (χ4n) is 3.30. The van der Waals surface area contributed by atoms with Crippen molar-refractivity contribution in [3.05, 3.63) is 47.5 Å². The number of benzene rings is 1. The average Bonchev–Trinajstić information content (AvgIpc) is 3.13. The molecule has 0 radical (unpaired) electrons. The van der Waals surface area contributed by atoms with Gasteiger partial charge < -0.3 is 10.6 Å². The van der Waals surface area contributed by atoms with Crippen LogP contribution in [0.1, 0.15) is 50.3 Å². The molecule has 8 heteroatoms. The number of hydrogen-bond donors (Lipinski definition) is 2. The lowest BCUT2D eigenvalue weighted by molar-refractivity contribution is 0.391. The Kier molecular flexibility index (Phi) is 7.80. The van der Waals surface area contributed by atoms with Crippen LogP contribution in [0.3, 0.4) is 0 Å². The molecule has 1 aliphatic heterocycles. The van der Waals surface area contributed by atoms with Gasteiger partial charge in [0.25, 0.3) is 0 Å². The molecule has 29 heavy (non-hydrogen) atoms. The highest BCUT2D eigenvalue weighted by atomic mass is 32.2. The number of rotatable bonds is 8. The first-order valence-corrected chi connectivity index (χ1v) is 11.9. The lowest BCUT2D eigenvalue weighted by Crippen LogP contribution is -2.47. The Balaban J connectivity index is 1.52. The predicted molar refractivity (Wildman–Crippen MR) is 118 cm³/mol. The van der Waals surface area contributed by atoms with Crippen LogP contribution >= 0.6 is 0 Å². The van der Waals surface area contributed by atoms with Crippen molar-refractivity contribution in [2.45, 2.75) is 57.9 Å². The number of hydrogen-bond acceptors (Lipinski definition) is 4. The van der Waals surface area contributed by atoms with Gasteiger partial charge in [0.1, 0.15) is 5.82 Å². The van der Waals surface area contributed by atoms with Gasteiger partial charge in [0.2, 0.25) is 0 Å². The first-order chi connectivity index (χ1) is 14.0. The number of aromatic nitrogens is 3. The zero-order valence-corrected chi connectivity index (χ0v) is 18.4. The standard InChI is InChI=1S/C21H32N6OS/c1-4-22-21(23-12-13-29(28)15-17-8-6-5-7-9-17)24-18-10-11-19-25-20(16(2)3)26-27(19)14-18/h5-9,16,18H,4,10-15H2,1-3H3,(H2,22,23,24). The molecule has 2 unspecified atom stereocenters. The molecule has 0 fully saturated rings. The fraction of sp³-hybridized carbons (Fsp3) is 0.571. The van der Waals surface area contributed by atoms with E-state index in [1.54, 1.807) is 0 Å². The van der Waals surface area contributed by atoms with Crippen molar-refractivity contribution in [1.82, 2.24) is 25.4 Å². The summed E-state index contributed by atoms with van der Waals surface area (Å²) in [6.45, 7) is 8.41. The van der Waals surface area contributed by atoms with Crippen LogP contribution in [0.2, 0.25) is 0 Å². The summed E-state index contributed by atoms with van der Waals surface area (Å²) >= 11 is 0. The van der Waals surface area contributed by atoms with E-state index in [4.69, 9.17) is 0 Å². The van der Waals surface area contributed by atoms with Gasteiger partial charge in [-0.3, -0.25) is 9.20 Å². The van der Waals surface area contributed by atoms with Crippen LogP contribution in [0, 0.1) is 0 Å². The van der Waals surface area contributed by atoms with Gasteiger partial charge in [-0.05, 0) is 18.9 Å². The van der Waals surface area contributed by atoms with Crippen LogP contribution < -0.4 is 10.6 Å². The Bertz CT molecular complexity index is 833. The van der Waals surface area contributed by atoms with Crippen LogP contribution in [0.4, 0.5) is 0 Å². The Morgan fingerprint density at radius 1 is 1.34 bits per heavy atom. The summed E-state index contributed by atoms with van der Waals surface area (Å²) in [7, 11) is -0.915. The minimum Gasteiger partial charge on any atom is -0.357 e. The Morgan fingerprint density at radius 3 is 2.86 bits per heavy atom. The van der Waals surface area contributed by atoms with Crippen LogP contribution in [0.15, 0.2) is 35.3 Å². The summed E-state index contributed by atoms with van der Waals surface area (Å²) < 4.78 is 14.3. The highest BCUT2D eigenvalue weighted by Gasteiger charge is 2.23. The van der Waals surface area contributed by atoms with Crippen molar-refractivity contribution in [2.24, 2.45) is 4.99 Å². The van der Waals surface area contributed by atoms with E-state index in [1.807, 2.05) is 35.0 Å². The number of nitrogens with one attached hydrogen (secondary N) is 2. The highest BCUT2D eigenvalue weighted by molar-refractivity contribution is 7.84. The van der Waals surface area contributed by atoms with Crippen molar-refractivity contribution < 1.29 is 4.21 Å². The maximum atomic E-state index is 12.3. The van der Waals surface area contributed by atoms with Crippen molar-refractivity contribution in [1.29, 1.82) is 0 Å². The molecule has 158 valence electrons. The van der Waals surface area contributed by atoms with Crippen molar-refractivity contribution in [3.63, 3.8) is 0 Å². The molecule has 0 bridgehead atoms. The van der Waals surface area contributed by atoms with E-state index >= 15 is 0 Å². The summed E-state index contributed by atoms with van der Waals surface area (Å²) in [4.78, 5) is 9.28. The number of aliphatic imine (C=N–C) groups is 1. The molecule has 7 nitrogen and oxygen atoms in total. The molecule has 3 rings (SSSR count). The van der Waals surface area contributed by atoms with Crippen LogP contribution in [0.5, 0.6) is 0 Å². The van der Waals surface area contributed by atoms with Gasteiger partial charge >= 0.3 is 0 Å². The summed E-state index contributed by atoms with van der Waals surface area (Å²) in [5.74, 6) is 4.25. The number of guanidine groups is 1. The minimum absolute atomic E-state index is 0.261.